The average molecular weight is 219 g/mol. The van der Waals surface area contributed by atoms with Gasteiger partial charge in [-0.05, 0) is 6.10 Å². The fourth-order valence-corrected chi connectivity index (χ4v) is 0.960. The summed E-state index contributed by atoms with van der Waals surface area (Å²) in [5.74, 6) is 1.89. The maximum Gasteiger partial charge on any atom is 0.207 e. The minimum Gasteiger partial charge on any atom is -0.504 e. The van der Waals surface area contributed by atoms with Gasteiger partial charge >= 0.3 is 0 Å². The number of nitrogens with one attached hydrogen (secondary N) is 1. The van der Waals surface area contributed by atoms with Crippen LogP contribution in [-0.2, 0) is 24.2 Å². The van der Waals surface area contributed by atoms with Crippen molar-refractivity contribution < 1.29 is 24.2 Å². The zero-order valence-electron chi connectivity index (χ0n) is 4.30. The predicted octanol–water partition coefficient (Wildman–Crippen LogP) is 1.23. The summed E-state index contributed by atoms with van der Waals surface area (Å²) in [6.45, 7) is 1.91. The van der Waals surface area contributed by atoms with Crippen LogP contribution in [0.2, 0.25) is 0 Å². The molecule has 1 rings (SSSR count). The molecular weight excluding hydrogens is 213 g/mol. The molecular formula is C4H6NORhS-. The van der Waals surface area contributed by atoms with Gasteiger partial charge in [0.15, 0.2) is 0 Å². The molecule has 0 aromatic heterocycles. The first-order valence-corrected chi connectivity index (χ1v) is 2.92. The summed E-state index contributed by atoms with van der Waals surface area (Å²) in [6, 6.07) is 0. The van der Waals surface area contributed by atoms with Gasteiger partial charge in [-0.1, -0.05) is 6.92 Å². The number of rotatable bonds is 0. The van der Waals surface area contributed by atoms with Gasteiger partial charge in [0.2, 0.25) is 5.23 Å². The van der Waals surface area contributed by atoms with Crippen molar-refractivity contribution in [3.8, 4) is 0 Å². The van der Waals surface area contributed by atoms with Gasteiger partial charge in [0.25, 0.3) is 0 Å². The molecule has 1 radical (unpaired) electrons. The summed E-state index contributed by atoms with van der Waals surface area (Å²) in [4.78, 5) is 0. The van der Waals surface area contributed by atoms with Crippen molar-refractivity contribution >= 4 is 17.0 Å². The zero-order chi connectivity index (χ0) is 5.28. The molecule has 8 heavy (non-hydrogen) atoms. The van der Waals surface area contributed by atoms with E-state index in [1.165, 1.54) is 11.8 Å². The van der Waals surface area contributed by atoms with E-state index in [4.69, 9.17) is 10.1 Å². The summed E-state index contributed by atoms with van der Waals surface area (Å²) < 4.78 is 4.85. The molecule has 1 atom stereocenters. The molecule has 0 amide bonds. The van der Waals surface area contributed by atoms with Gasteiger partial charge in [0.1, 0.15) is 0 Å². The van der Waals surface area contributed by atoms with E-state index in [0.29, 0.717) is 5.23 Å². The molecule has 1 heterocycles. The molecule has 49 valence electrons. The maximum absolute atomic E-state index is 6.89. The van der Waals surface area contributed by atoms with Crippen LogP contribution in [0.4, 0.5) is 0 Å². The molecule has 1 aliphatic rings. The van der Waals surface area contributed by atoms with Gasteiger partial charge in [0.05, 0.1) is 0 Å². The number of hydrogen-bond acceptors (Lipinski definition) is 3. The molecule has 0 spiro atoms. The van der Waals surface area contributed by atoms with Crippen molar-refractivity contribution in [1.82, 2.24) is 0 Å². The van der Waals surface area contributed by atoms with Crippen molar-refractivity contribution in [2.24, 2.45) is 0 Å². The quantitative estimate of drug-likeness (QED) is 0.491. The van der Waals surface area contributed by atoms with Crippen molar-refractivity contribution in [3.05, 3.63) is 5.75 Å². The third kappa shape index (κ3) is 2.14. The van der Waals surface area contributed by atoms with Crippen LogP contribution in [0.1, 0.15) is 6.92 Å². The van der Waals surface area contributed by atoms with Gasteiger partial charge in [-0.25, -0.2) is 5.75 Å². The summed E-state index contributed by atoms with van der Waals surface area (Å²) in [6.07, 6.45) is 0.137. The fraction of sp³-hybridized carbons (Fsp3) is 0.500. The average Bonchev–Trinajstić information content (AvgIpc) is 1.87. The smallest absolute Gasteiger partial charge is 0.207 e. The van der Waals surface area contributed by atoms with Crippen LogP contribution in [-0.4, -0.2) is 11.3 Å². The minimum absolute atomic E-state index is 0. The first-order valence-electron chi connectivity index (χ1n) is 2.04. The molecule has 0 saturated carbocycles. The number of thioether (sulfide) groups is 1. The molecule has 4 heteroatoms. The molecule has 1 aliphatic heterocycles. The van der Waals surface area contributed by atoms with Crippen LogP contribution in [0.3, 0.4) is 0 Å². The second-order valence-electron chi connectivity index (χ2n) is 1.36. The summed E-state index contributed by atoms with van der Waals surface area (Å²) >= 11 is 1.34. The Balaban J connectivity index is 0.000000490. The molecule has 0 aromatic carbocycles. The first kappa shape index (κ1) is 8.44. The van der Waals surface area contributed by atoms with E-state index in [-0.39, 0.29) is 25.6 Å². The van der Waals surface area contributed by atoms with E-state index in [1.807, 2.05) is 12.7 Å². The number of ether oxygens (including phenoxy) is 1. The van der Waals surface area contributed by atoms with E-state index < -0.39 is 0 Å². The van der Waals surface area contributed by atoms with Crippen LogP contribution in [0.15, 0.2) is 0 Å². The van der Waals surface area contributed by atoms with E-state index in [9.17, 15) is 0 Å². The zero-order valence-corrected chi connectivity index (χ0v) is 6.76. The second kappa shape index (κ2) is 3.47. The summed E-state index contributed by atoms with van der Waals surface area (Å²) in [5, 5.41) is 7.20. The molecule has 1 N–H and O–H groups in total. The topological polar surface area (TPSA) is 33.1 Å². The van der Waals surface area contributed by atoms with Gasteiger partial charge in [-0.15, -0.1) is 0 Å². The SMILES string of the molecule is CC1[CH-]SC(=N)O1.[Rh]. The molecule has 0 bridgehead atoms. The largest absolute Gasteiger partial charge is 0.504 e. The third-order valence-corrected chi connectivity index (χ3v) is 1.49. The molecule has 1 saturated heterocycles. The van der Waals surface area contributed by atoms with E-state index in [1.54, 1.807) is 0 Å². The Kier molecular flexibility index (Phi) is 3.66. The normalized spacial score (nSPS) is 26.6. The van der Waals surface area contributed by atoms with Crippen LogP contribution in [0.5, 0.6) is 0 Å². The molecule has 1 fully saturated rings. The van der Waals surface area contributed by atoms with E-state index >= 15 is 0 Å². The minimum atomic E-state index is 0. The second-order valence-corrected chi connectivity index (χ2v) is 2.24. The van der Waals surface area contributed by atoms with Gasteiger partial charge in [-0.2, -0.15) is 0 Å². The Labute approximate surface area is 65.6 Å². The Morgan fingerprint density at radius 3 is 2.62 bits per heavy atom. The summed E-state index contributed by atoms with van der Waals surface area (Å²) in [7, 11) is 0. The monoisotopic (exact) mass is 219 g/mol. The first-order chi connectivity index (χ1) is 3.29. The van der Waals surface area contributed by atoms with Crippen LogP contribution in [0.25, 0.3) is 0 Å². The van der Waals surface area contributed by atoms with Crippen LogP contribution in [0, 0.1) is 11.2 Å². The molecule has 0 aliphatic carbocycles. The van der Waals surface area contributed by atoms with Crippen molar-refractivity contribution in [3.63, 3.8) is 0 Å². The predicted molar refractivity (Wildman–Crippen MR) is 30.2 cm³/mol. The van der Waals surface area contributed by atoms with E-state index in [0.717, 1.165) is 0 Å². The Hall–Kier alpha value is 0.443. The fourth-order valence-electron chi connectivity index (χ4n) is 0.382. The maximum atomic E-state index is 6.89. The third-order valence-electron chi connectivity index (χ3n) is 0.660. The Morgan fingerprint density at radius 2 is 2.50 bits per heavy atom. The number of hydrogen-bond donors (Lipinski definition) is 1. The van der Waals surface area contributed by atoms with Crippen LogP contribution < -0.4 is 0 Å². The van der Waals surface area contributed by atoms with Crippen molar-refractivity contribution in [2.45, 2.75) is 13.0 Å². The summed E-state index contributed by atoms with van der Waals surface area (Å²) in [5.41, 5.74) is 0. The van der Waals surface area contributed by atoms with Crippen molar-refractivity contribution in [2.75, 3.05) is 0 Å². The van der Waals surface area contributed by atoms with Crippen LogP contribution >= 0.6 is 11.8 Å². The molecule has 2 nitrogen and oxygen atoms in total. The Morgan fingerprint density at radius 1 is 1.88 bits per heavy atom. The standard InChI is InChI=1S/C4H6NOS.Rh/c1-3-2-7-4(5)6-3;/h2-3,5H,1H3;/q-1;. The molecule has 0 aromatic rings. The van der Waals surface area contributed by atoms with Gasteiger partial charge in [-0.3, -0.25) is 17.2 Å². The molecule has 1 unspecified atom stereocenters. The van der Waals surface area contributed by atoms with Gasteiger partial charge in [0, 0.05) is 19.5 Å². The van der Waals surface area contributed by atoms with Gasteiger partial charge < -0.3 is 4.74 Å². The van der Waals surface area contributed by atoms with E-state index in [2.05, 4.69) is 0 Å². The van der Waals surface area contributed by atoms with Crippen molar-refractivity contribution in [1.29, 1.82) is 5.41 Å². The Bertz CT molecular complexity index is 98.0.